The summed E-state index contributed by atoms with van der Waals surface area (Å²) in [4.78, 5) is 12.1. The van der Waals surface area contributed by atoms with Crippen LogP contribution < -0.4 is 15.4 Å². The zero-order valence-electron chi connectivity index (χ0n) is 13.9. The number of anilines is 3. The molecule has 6 heteroatoms. The van der Waals surface area contributed by atoms with Crippen LogP contribution in [0.5, 0.6) is 5.75 Å². The third kappa shape index (κ3) is 3.97. The molecule has 0 atom stereocenters. The Morgan fingerprint density at radius 3 is 2.27 bits per heavy atom. The van der Waals surface area contributed by atoms with E-state index in [2.05, 4.69) is 10.6 Å². The average Bonchev–Trinajstić information content (AvgIpc) is 2.66. The van der Waals surface area contributed by atoms with Crippen molar-refractivity contribution in [1.82, 2.24) is 0 Å². The van der Waals surface area contributed by atoms with Gasteiger partial charge < -0.3 is 15.4 Å². The van der Waals surface area contributed by atoms with Crippen LogP contribution in [0.1, 0.15) is 10.4 Å². The van der Waals surface area contributed by atoms with Gasteiger partial charge in [0, 0.05) is 16.9 Å². The second kappa shape index (κ2) is 7.65. The van der Waals surface area contributed by atoms with E-state index in [1.165, 1.54) is 6.07 Å². The minimum Gasteiger partial charge on any atom is -0.495 e. The van der Waals surface area contributed by atoms with E-state index in [-0.39, 0.29) is 5.56 Å². The average molecular weight is 354 g/mol. The molecule has 3 aromatic rings. The summed E-state index contributed by atoms with van der Waals surface area (Å²) in [6.45, 7) is 0. The highest BCUT2D eigenvalue weighted by atomic mass is 19.2. The van der Waals surface area contributed by atoms with Crippen LogP contribution in [-0.2, 0) is 0 Å². The Hall–Kier alpha value is -3.41. The summed E-state index contributed by atoms with van der Waals surface area (Å²) in [5, 5.41) is 5.86. The molecule has 0 radical (unpaired) electrons. The number of ether oxygens (including phenoxy) is 1. The SMILES string of the molecule is COc1ccccc1Nc1ccc(NC(=O)c2ccc(F)c(F)c2)cc1. The first-order chi connectivity index (χ1) is 12.6. The number of benzene rings is 3. The number of amides is 1. The summed E-state index contributed by atoms with van der Waals surface area (Å²) in [6.07, 6.45) is 0. The van der Waals surface area contributed by atoms with E-state index < -0.39 is 17.5 Å². The molecule has 26 heavy (non-hydrogen) atoms. The van der Waals surface area contributed by atoms with E-state index in [9.17, 15) is 13.6 Å². The predicted molar refractivity (Wildman–Crippen MR) is 97.0 cm³/mol. The van der Waals surface area contributed by atoms with Gasteiger partial charge in [0.05, 0.1) is 12.8 Å². The van der Waals surface area contributed by atoms with Gasteiger partial charge >= 0.3 is 0 Å². The molecule has 0 aliphatic rings. The Morgan fingerprint density at radius 1 is 0.885 bits per heavy atom. The van der Waals surface area contributed by atoms with Crippen LogP contribution in [0.25, 0.3) is 0 Å². The van der Waals surface area contributed by atoms with E-state index in [1.54, 1.807) is 31.4 Å². The lowest BCUT2D eigenvalue weighted by Gasteiger charge is -2.11. The molecule has 0 spiro atoms. The lowest BCUT2D eigenvalue weighted by molar-refractivity contribution is 0.102. The Kier molecular flexibility index (Phi) is 5.12. The predicted octanol–water partition coefficient (Wildman–Crippen LogP) is 4.97. The Balaban J connectivity index is 1.69. The van der Waals surface area contributed by atoms with Crippen LogP contribution >= 0.6 is 0 Å². The normalized spacial score (nSPS) is 10.3. The van der Waals surface area contributed by atoms with Crippen molar-refractivity contribution in [2.45, 2.75) is 0 Å². The highest BCUT2D eigenvalue weighted by Gasteiger charge is 2.10. The highest BCUT2D eigenvalue weighted by Crippen LogP contribution is 2.27. The molecule has 2 N–H and O–H groups in total. The van der Waals surface area contributed by atoms with E-state index in [4.69, 9.17) is 4.74 Å². The van der Waals surface area contributed by atoms with Crippen LogP contribution in [0, 0.1) is 11.6 Å². The second-order valence-electron chi connectivity index (χ2n) is 5.49. The molecule has 3 rings (SSSR count). The maximum absolute atomic E-state index is 13.2. The fourth-order valence-corrected chi connectivity index (χ4v) is 2.38. The van der Waals surface area contributed by atoms with Crippen molar-refractivity contribution in [3.8, 4) is 5.75 Å². The molecule has 0 aliphatic carbocycles. The summed E-state index contributed by atoms with van der Waals surface area (Å²) in [6, 6.07) is 17.5. The molecule has 132 valence electrons. The number of methoxy groups -OCH3 is 1. The van der Waals surface area contributed by atoms with E-state index in [0.717, 1.165) is 23.5 Å². The number of nitrogens with one attached hydrogen (secondary N) is 2. The Bertz CT molecular complexity index is 927. The molecule has 0 aromatic heterocycles. The molecule has 0 bridgehead atoms. The van der Waals surface area contributed by atoms with Crippen molar-refractivity contribution in [3.05, 3.63) is 83.9 Å². The maximum Gasteiger partial charge on any atom is 0.255 e. The number of rotatable bonds is 5. The third-order valence-electron chi connectivity index (χ3n) is 3.71. The Morgan fingerprint density at radius 2 is 1.58 bits per heavy atom. The van der Waals surface area contributed by atoms with Crippen LogP contribution in [0.4, 0.5) is 25.8 Å². The molecular formula is C20H16F2N2O2. The standard InChI is InChI=1S/C20H16F2N2O2/c1-26-19-5-3-2-4-18(19)23-14-7-9-15(10-8-14)24-20(25)13-6-11-16(21)17(22)12-13/h2-12,23H,1H3,(H,24,25). The lowest BCUT2D eigenvalue weighted by atomic mass is 10.2. The molecule has 0 unspecified atom stereocenters. The van der Waals surface area contributed by atoms with Crippen molar-refractivity contribution in [1.29, 1.82) is 0 Å². The molecule has 0 saturated carbocycles. The number of hydrogen-bond donors (Lipinski definition) is 2. The quantitative estimate of drug-likeness (QED) is 0.680. The number of carbonyl (C=O) groups excluding carboxylic acids is 1. The first kappa shape index (κ1) is 17.4. The van der Waals surface area contributed by atoms with Gasteiger partial charge in [0.15, 0.2) is 11.6 Å². The lowest BCUT2D eigenvalue weighted by Crippen LogP contribution is -2.12. The fraction of sp³-hybridized carbons (Fsp3) is 0.0500. The second-order valence-corrected chi connectivity index (χ2v) is 5.49. The summed E-state index contributed by atoms with van der Waals surface area (Å²) in [5.74, 6) is -1.86. The van der Waals surface area contributed by atoms with Crippen molar-refractivity contribution in [3.63, 3.8) is 0 Å². The van der Waals surface area contributed by atoms with Crippen LogP contribution in [0.3, 0.4) is 0 Å². The van der Waals surface area contributed by atoms with Gasteiger partial charge in [0.2, 0.25) is 0 Å². The summed E-state index contributed by atoms with van der Waals surface area (Å²) < 4.78 is 31.5. The summed E-state index contributed by atoms with van der Waals surface area (Å²) in [5.41, 5.74) is 2.19. The van der Waals surface area contributed by atoms with Crippen molar-refractivity contribution in [2.75, 3.05) is 17.7 Å². The maximum atomic E-state index is 13.2. The van der Waals surface area contributed by atoms with Gasteiger partial charge in [-0.3, -0.25) is 4.79 Å². The molecule has 0 saturated heterocycles. The van der Waals surface area contributed by atoms with Crippen molar-refractivity contribution >= 4 is 23.0 Å². The van der Waals surface area contributed by atoms with Gasteiger partial charge in [-0.1, -0.05) is 12.1 Å². The van der Waals surface area contributed by atoms with Gasteiger partial charge in [-0.05, 0) is 54.6 Å². The van der Waals surface area contributed by atoms with Gasteiger partial charge in [0.25, 0.3) is 5.91 Å². The van der Waals surface area contributed by atoms with Crippen LogP contribution in [0.2, 0.25) is 0 Å². The Labute approximate surface area is 149 Å². The first-order valence-electron chi connectivity index (χ1n) is 7.83. The number of hydrogen-bond acceptors (Lipinski definition) is 3. The molecule has 0 heterocycles. The van der Waals surface area contributed by atoms with Crippen LogP contribution in [-0.4, -0.2) is 13.0 Å². The highest BCUT2D eigenvalue weighted by molar-refractivity contribution is 6.04. The van der Waals surface area contributed by atoms with E-state index >= 15 is 0 Å². The molecule has 3 aromatic carbocycles. The minimum absolute atomic E-state index is 0.0418. The van der Waals surface area contributed by atoms with Crippen molar-refractivity contribution in [2.24, 2.45) is 0 Å². The van der Waals surface area contributed by atoms with E-state index in [1.807, 2.05) is 24.3 Å². The van der Waals surface area contributed by atoms with Gasteiger partial charge in [-0.25, -0.2) is 8.78 Å². The third-order valence-corrected chi connectivity index (χ3v) is 3.71. The molecule has 0 fully saturated rings. The fourth-order valence-electron chi connectivity index (χ4n) is 2.38. The molecule has 1 amide bonds. The number of carbonyl (C=O) groups is 1. The number of halogens is 2. The van der Waals surface area contributed by atoms with Crippen LogP contribution in [0.15, 0.2) is 66.7 Å². The van der Waals surface area contributed by atoms with Gasteiger partial charge in [0.1, 0.15) is 5.75 Å². The summed E-state index contributed by atoms with van der Waals surface area (Å²) >= 11 is 0. The van der Waals surface area contributed by atoms with Gasteiger partial charge in [-0.15, -0.1) is 0 Å². The smallest absolute Gasteiger partial charge is 0.255 e. The molecule has 4 nitrogen and oxygen atoms in total. The monoisotopic (exact) mass is 354 g/mol. The largest absolute Gasteiger partial charge is 0.495 e. The summed E-state index contributed by atoms with van der Waals surface area (Å²) in [7, 11) is 1.59. The molecule has 0 aliphatic heterocycles. The number of para-hydroxylation sites is 2. The topological polar surface area (TPSA) is 50.4 Å². The zero-order valence-corrected chi connectivity index (χ0v) is 13.9. The van der Waals surface area contributed by atoms with Crippen molar-refractivity contribution < 1.29 is 18.3 Å². The molecular weight excluding hydrogens is 338 g/mol. The first-order valence-corrected chi connectivity index (χ1v) is 7.83. The van der Waals surface area contributed by atoms with E-state index in [0.29, 0.717) is 11.4 Å². The zero-order chi connectivity index (χ0) is 18.5. The minimum atomic E-state index is -1.06. The van der Waals surface area contributed by atoms with Gasteiger partial charge in [-0.2, -0.15) is 0 Å².